The van der Waals surface area contributed by atoms with Crippen LogP contribution in [0.4, 0.5) is 0 Å². The summed E-state index contributed by atoms with van der Waals surface area (Å²) in [6.45, 7) is 8.95. The summed E-state index contributed by atoms with van der Waals surface area (Å²) in [6, 6.07) is 0. The van der Waals surface area contributed by atoms with E-state index in [0.29, 0.717) is 0 Å². The monoisotopic (exact) mass is 230 g/mol. The Balaban J connectivity index is 2.00. The molecule has 0 saturated carbocycles. The minimum Gasteiger partial charge on any atom is -0.385 e. The summed E-state index contributed by atoms with van der Waals surface area (Å²) in [4.78, 5) is 5.07. The Morgan fingerprint density at radius 3 is 1.44 bits per heavy atom. The lowest BCUT2D eigenvalue weighted by atomic mass is 10.2. The molecule has 1 aliphatic heterocycles. The van der Waals surface area contributed by atoms with Gasteiger partial charge in [-0.05, 0) is 12.8 Å². The molecule has 0 N–H and O–H groups in total. The van der Waals surface area contributed by atoms with E-state index in [-0.39, 0.29) is 0 Å². The lowest BCUT2D eigenvalue weighted by molar-refractivity contribution is 0.107. The van der Waals surface area contributed by atoms with Crippen LogP contribution in [0.1, 0.15) is 12.8 Å². The van der Waals surface area contributed by atoms with Crippen LogP contribution in [-0.2, 0) is 9.47 Å². The van der Waals surface area contributed by atoms with Gasteiger partial charge < -0.3 is 19.3 Å². The van der Waals surface area contributed by atoms with Gasteiger partial charge in [-0.15, -0.1) is 0 Å². The Morgan fingerprint density at radius 2 is 1.12 bits per heavy atom. The van der Waals surface area contributed by atoms with Crippen LogP contribution in [-0.4, -0.2) is 76.5 Å². The van der Waals surface area contributed by atoms with Gasteiger partial charge in [-0.25, -0.2) is 0 Å². The third-order valence-electron chi connectivity index (χ3n) is 3.11. The maximum absolute atomic E-state index is 5.07. The molecule has 0 bridgehead atoms. The summed E-state index contributed by atoms with van der Waals surface area (Å²) in [7, 11) is 3.54. The van der Waals surface area contributed by atoms with Crippen molar-refractivity contribution in [3.05, 3.63) is 0 Å². The molecule has 1 rings (SSSR count). The Labute approximate surface area is 99.5 Å². The van der Waals surface area contributed by atoms with Crippen LogP contribution in [0.5, 0.6) is 0 Å². The summed E-state index contributed by atoms with van der Waals surface area (Å²) in [5, 5.41) is 0. The van der Waals surface area contributed by atoms with E-state index in [1.54, 1.807) is 14.2 Å². The fourth-order valence-corrected chi connectivity index (χ4v) is 2.10. The van der Waals surface area contributed by atoms with Crippen LogP contribution in [0.2, 0.25) is 0 Å². The van der Waals surface area contributed by atoms with E-state index in [0.717, 1.165) is 26.1 Å². The predicted molar refractivity (Wildman–Crippen MR) is 65.9 cm³/mol. The molecule has 0 aromatic heterocycles. The second kappa shape index (κ2) is 8.93. The highest BCUT2D eigenvalue weighted by Gasteiger charge is 2.15. The minimum atomic E-state index is 0.883. The second-order valence-electron chi connectivity index (χ2n) is 4.38. The lowest BCUT2D eigenvalue weighted by Gasteiger charge is -2.34. The van der Waals surface area contributed by atoms with Crippen molar-refractivity contribution in [3.63, 3.8) is 0 Å². The summed E-state index contributed by atoms with van der Waals surface area (Å²) in [6.07, 6.45) is 2.31. The van der Waals surface area contributed by atoms with Crippen molar-refractivity contribution in [1.29, 1.82) is 0 Å². The fourth-order valence-electron chi connectivity index (χ4n) is 2.10. The van der Waals surface area contributed by atoms with Gasteiger partial charge in [0.1, 0.15) is 0 Å². The Kier molecular flexibility index (Phi) is 7.76. The highest BCUT2D eigenvalue weighted by atomic mass is 16.5. The van der Waals surface area contributed by atoms with Crippen molar-refractivity contribution >= 4 is 0 Å². The smallest absolute Gasteiger partial charge is 0.0474 e. The van der Waals surface area contributed by atoms with Gasteiger partial charge >= 0.3 is 0 Å². The molecule has 1 heterocycles. The first-order valence-corrected chi connectivity index (χ1v) is 6.29. The highest BCUT2D eigenvalue weighted by Crippen LogP contribution is 2.03. The summed E-state index contributed by atoms with van der Waals surface area (Å²) in [5.74, 6) is 0. The maximum atomic E-state index is 5.07. The zero-order valence-electron chi connectivity index (χ0n) is 10.8. The Hall–Kier alpha value is -0.160. The topological polar surface area (TPSA) is 24.9 Å². The average molecular weight is 230 g/mol. The van der Waals surface area contributed by atoms with Gasteiger partial charge in [0.15, 0.2) is 0 Å². The number of rotatable bonds is 8. The standard InChI is InChI=1S/C12H26N2O2/c1-15-11-3-5-13-7-9-14(10-8-13)6-4-12-16-2/h3-12H2,1-2H3. The number of methoxy groups -OCH3 is 2. The van der Waals surface area contributed by atoms with Crippen molar-refractivity contribution in [2.24, 2.45) is 0 Å². The van der Waals surface area contributed by atoms with Crippen LogP contribution >= 0.6 is 0 Å². The summed E-state index contributed by atoms with van der Waals surface area (Å²) >= 11 is 0. The van der Waals surface area contributed by atoms with E-state index in [1.807, 2.05) is 0 Å². The molecule has 0 unspecified atom stereocenters. The maximum Gasteiger partial charge on any atom is 0.0474 e. The van der Waals surface area contributed by atoms with E-state index in [1.165, 1.54) is 39.3 Å². The first kappa shape index (κ1) is 13.9. The second-order valence-corrected chi connectivity index (χ2v) is 4.38. The third kappa shape index (κ3) is 5.80. The number of nitrogens with zero attached hydrogens (tertiary/aromatic N) is 2. The zero-order valence-corrected chi connectivity index (χ0v) is 10.8. The van der Waals surface area contributed by atoms with Crippen LogP contribution < -0.4 is 0 Å². The molecule has 96 valence electrons. The van der Waals surface area contributed by atoms with Gasteiger partial charge in [0.05, 0.1) is 0 Å². The van der Waals surface area contributed by atoms with Gasteiger partial charge in [-0.2, -0.15) is 0 Å². The SMILES string of the molecule is COCCCN1CCN(CCCOC)CC1. The molecule has 0 aliphatic carbocycles. The van der Waals surface area contributed by atoms with Crippen molar-refractivity contribution < 1.29 is 9.47 Å². The van der Waals surface area contributed by atoms with E-state index < -0.39 is 0 Å². The molecule has 4 heteroatoms. The first-order valence-electron chi connectivity index (χ1n) is 6.29. The molecule has 16 heavy (non-hydrogen) atoms. The van der Waals surface area contributed by atoms with Gasteiger partial charge in [0.2, 0.25) is 0 Å². The van der Waals surface area contributed by atoms with Gasteiger partial charge in [-0.1, -0.05) is 0 Å². The summed E-state index contributed by atoms with van der Waals surface area (Å²) in [5.41, 5.74) is 0. The molecular weight excluding hydrogens is 204 g/mol. The number of piperazine rings is 1. The Bertz CT molecular complexity index is 141. The third-order valence-corrected chi connectivity index (χ3v) is 3.11. The molecular formula is C12H26N2O2. The van der Waals surface area contributed by atoms with Gasteiger partial charge in [-0.3, -0.25) is 0 Å². The molecule has 4 nitrogen and oxygen atoms in total. The molecule has 0 spiro atoms. The summed E-state index contributed by atoms with van der Waals surface area (Å²) < 4.78 is 10.1. The van der Waals surface area contributed by atoms with E-state index >= 15 is 0 Å². The van der Waals surface area contributed by atoms with Crippen molar-refractivity contribution in [2.45, 2.75) is 12.8 Å². The Morgan fingerprint density at radius 1 is 0.750 bits per heavy atom. The number of ether oxygens (including phenoxy) is 2. The highest BCUT2D eigenvalue weighted by molar-refractivity contribution is 4.71. The molecule has 0 amide bonds. The van der Waals surface area contributed by atoms with Crippen LogP contribution in [0, 0.1) is 0 Å². The van der Waals surface area contributed by atoms with Crippen LogP contribution in [0.3, 0.4) is 0 Å². The van der Waals surface area contributed by atoms with E-state index in [2.05, 4.69) is 9.80 Å². The van der Waals surface area contributed by atoms with Gasteiger partial charge in [0.25, 0.3) is 0 Å². The lowest BCUT2D eigenvalue weighted by Crippen LogP contribution is -2.47. The molecule has 1 fully saturated rings. The van der Waals surface area contributed by atoms with Crippen molar-refractivity contribution in [3.8, 4) is 0 Å². The molecule has 0 atom stereocenters. The van der Waals surface area contributed by atoms with Crippen molar-refractivity contribution in [2.75, 3.05) is 66.7 Å². The van der Waals surface area contributed by atoms with Crippen molar-refractivity contribution in [1.82, 2.24) is 9.80 Å². The van der Waals surface area contributed by atoms with E-state index in [9.17, 15) is 0 Å². The number of hydrogen-bond acceptors (Lipinski definition) is 4. The number of hydrogen-bond donors (Lipinski definition) is 0. The molecule has 0 aromatic rings. The minimum absolute atomic E-state index is 0.883. The molecule has 1 saturated heterocycles. The van der Waals surface area contributed by atoms with Crippen LogP contribution in [0.15, 0.2) is 0 Å². The average Bonchev–Trinajstić information content (AvgIpc) is 2.32. The molecule has 1 aliphatic rings. The quantitative estimate of drug-likeness (QED) is 0.572. The van der Waals surface area contributed by atoms with Crippen LogP contribution in [0.25, 0.3) is 0 Å². The molecule has 0 aromatic carbocycles. The zero-order chi connectivity index (χ0) is 11.6. The van der Waals surface area contributed by atoms with E-state index in [4.69, 9.17) is 9.47 Å². The fraction of sp³-hybridized carbons (Fsp3) is 1.00. The largest absolute Gasteiger partial charge is 0.385 e. The predicted octanol–water partition coefficient (Wildman–Crippen LogP) is 0.677. The normalized spacial score (nSPS) is 19.1. The first-order chi connectivity index (χ1) is 7.86. The molecule has 0 radical (unpaired) electrons. The van der Waals surface area contributed by atoms with Gasteiger partial charge in [0, 0.05) is 66.7 Å².